The van der Waals surface area contributed by atoms with Crippen LogP contribution in [0.1, 0.15) is 24.8 Å². The first-order valence-corrected chi connectivity index (χ1v) is 6.31. The third-order valence-corrected chi connectivity index (χ3v) is 3.71. The fraction of sp³-hybridized carbons (Fsp3) is 0.429. The third kappa shape index (κ3) is 2.61. The van der Waals surface area contributed by atoms with Crippen molar-refractivity contribution in [3.63, 3.8) is 0 Å². The van der Waals surface area contributed by atoms with Gasteiger partial charge in [-0.2, -0.15) is 0 Å². The van der Waals surface area contributed by atoms with Gasteiger partial charge in [0.25, 0.3) is 0 Å². The highest BCUT2D eigenvalue weighted by Crippen LogP contribution is 2.43. The number of aliphatic hydroxyl groups excluding tert-OH is 1. The lowest BCUT2D eigenvalue weighted by atomic mass is 9.64. The summed E-state index contributed by atoms with van der Waals surface area (Å²) < 4.78 is 0. The lowest BCUT2D eigenvalue weighted by molar-refractivity contribution is -0.146. The summed E-state index contributed by atoms with van der Waals surface area (Å²) in [6.07, 6.45) is 0.929. The molecule has 0 spiro atoms. The van der Waals surface area contributed by atoms with E-state index in [-0.39, 0.29) is 12.5 Å². The van der Waals surface area contributed by atoms with E-state index in [0.29, 0.717) is 0 Å². The highest BCUT2D eigenvalue weighted by atomic mass is 16.4. The Balaban J connectivity index is 2.06. The Kier molecular flexibility index (Phi) is 3.85. The van der Waals surface area contributed by atoms with E-state index in [1.807, 2.05) is 30.3 Å². The molecule has 0 bridgehead atoms. The quantitative estimate of drug-likeness (QED) is 0.728. The number of benzene rings is 1. The number of rotatable bonds is 5. The maximum atomic E-state index is 12.3. The second-order valence-electron chi connectivity index (χ2n) is 4.87. The van der Waals surface area contributed by atoms with Crippen molar-refractivity contribution < 1.29 is 19.8 Å². The summed E-state index contributed by atoms with van der Waals surface area (Å²) in [5, 5.41) is 20.3. The van der Waals surface area contributed by atoms with Crippen LogP contribution in [-0.4, -0.2) is 34.7 Å². The maximum absolute atomic E-state index is 12.3. The van der Waals surface area contributed by atoms with Crippen molar-refractivity contribution >= 4 is 11.9 Å². The van der Waals surface area contributed by atoms with Crippen molar-refractivity contribution in [1.82, 2.24) is 5.32 Å². The summed E-state index contributed by atoms with van der Waals surface area (Å²) in [6.45, 7) is -0.261. The molecule has 102 valence electrons. The Morgan fingerprint density at radius 2 is 1.89 bits per heavy atom. The zero-order valence-electron chi connectivity index (χ0n) is 10.5. The van der Waals surface area contributed by atoms with E-state index in [9.17, 15) is 14.7 Å². The predicted molar refractivity (Wildman–Crippen MR) is 68.6 cm³/mol. The molecule has 0 saturated heterocycles. The Labute approximate surface area is 111 Å². The molecule has 0 radical (unpaired) electrons. The summed E-state index contributed by atoms with van der Waals surface area (Å²) in [5.74, 6) is -1.53. The minimum absolute atomic E-state index is 0.203. The second kappa shape index (κ2) is 5.40. The average molecular weight is 263 g/mol. The van der Waals surface area contributed by atoms with E-state index >= 15 is 0 Å². The molecule has 1 aliphatic rings. The minimum Gasteiger partial charge on any atom is -0.479 e. The maximum Gasteiger partial charge on any atom is 0.334 e. The number of aliphatic hydroxyl groups is 1. The van der Waals surface area contributed by atoms with E-state index in [4.69, 9.17) is 5.11 Å². The van der Waals surface area contributed by atoms with Crippen molar-refractivity contribution in [1.29, 1.82) is 0 Å². The van der Waals surface area contributed by atoms with Crippen molar-refractivity contribution in [2.75, 3.05) is 6.54 Å². The molecule has 0 heterocycles. The van der Waals surface area contributed by atoms with Gasteiger partial charge in [0.1, 0.15) is 0 Å². The number of aliphatic carboxylic acids is 1. The molecule has 0 aromatic heterocycles. The van der Waals surface area contributed by atoms with Gasteiger partial charge in [-0.25, -0.2) is 4.79 Å². The molecule has 1 aromatic carbocycles. The molecule has 1 aromatic rings. The highest BCUT2D eigenvalue weighted by molar-refractivity contribution is 5.89. The summed E-state index contributed by atoms with van der Waals surface area (Å²) in [6, 6.07) is 9.48. The predicted octanol–water partition coefficient (Wildman–Crippen LogP) is 0.670. The first-order valence-electron chi connectivity index (χ1n) is 6.31. The number of nitrogens with one attached hydrogen (secondary N) is 1. The van der Waals surface area contributed by atoms with Crippen molar-refractivity contribution in [2.24, 2.45) is 0 Å². The minimum atomic E-state index is -1.56. The average Bonchev–Trinajstić information content (AvgIpc) is 2.35. The SMILES string of the molecule is O=C(O)C(O)CNC(=O)C1(c2ccccc2)CCC1. The molecule has 1 amide bonds. The number of carboxylic acid groups (broad SMARTS) is 1. The molecule has 1 fully saturated rings. The van der Waals surface area contributed by atoms with Gasteiger partial charge >= 0.3 is 5.97 Å². The van der Waals surface area contributed by atoms with Crippen LogP contribution in [0.3, 0.4) is 0 Å². The van der Waals surface area contributed by atoms with Crippen molar-refractivity contribution in [3.05, 3.63) is 35.9 Å². The number of hydrogen-bond acceptors (Lipinski definition) is 3. The number of carboxylic acids is 1. The molecule has 1 unspecified atom stereocenters. The van der Waals surface area contributed by atoms with Gasteiger partial charge < -0.3 is 15.5 Å². The van der Waals surface area contributed by atoms with Crippen LogP contribution in [0.15, 0.2) is 30.3 Å². The molecule has 19 heavy (non-hydrogen) atoms. The Morgan fingerprint density at radius 1 is 1.26 bits per heavy atom. The largest absolute Gasteiger partial charge is 0.479 e. The zero-order valence-corrected chi connectivity index (χ0v) is 10.5. The van der Waals surface area contributed by atoms with Gasteiger partial charge in [-0.1, -0.05) is 36.8 Å². The molecular weight excluding hydrogens is 246 g/mol. The second-order valence-corrected chi connectivity index (χ2v) is 4.87. The van der Waals surface area contributed by atoms with Gasteiger partial charge in [0.05, 0.1) is 12.0 Å². The number of carbonyl (C=O) groups excluding carboxylic acids is 1. The Bertz CT molecular complexity index is 468. The number of carbonyl (C=O) groups is 2. The van der Waals surface area contributed by atoms with Gasteiger partial charge in [0.15, 0.2) is 6.10 Å². The lowest BCUT2D eigenvalue weighted by Gasteiger charge is -2.40. The topological polar surface area (TPSA) is 86.6 Å². The summed E-state index contributed by atoms with van der Waals surface area (Å²) in [5.41, 5.74) is 0.392. The van der Waals surface area contributed by atoms with E-state index in [2.05, 4.69) is 5.32 Å². The normalized spacial score (nSPS) is 18.2. The molecule has 1 saturated carbocycles. The van der Waals surface area contributed by atoms with Crippen LogP contribution in [-0.2, 0) is 15.0 Å². The van der Waals surface area contributed by atoms with Crippen LogP contribution in [0.2, 0.25) is 0 Å². The first-order chi connectivity index (χ1) is 9.06. The Hall–Kier alpha value is -1.88. The van der Waals surface area contributed by atoms with Crippen molar-refractivity contribution in [2.45, 2.75) is 30.8 Å². The van der Waals surface area contributed by atoms with Crippen LogP contribution < -0.4 is 5.32 Å². The van der Waals surface area contributed by atoms with Crippen molar-refractivity contribution in [3.8, 4) is 0 Å². The van der Waals surface area contributed by atoms with E-state index in [0.717, 1.165) is 24.8 Å². The van der Waals surface area contributed by atoms with E-state index in [1.54, 1.807) is 0 Å². The first kappa shape index (κ1) is 13.5. The molecule has 5 heteroatoms. The molecule has 1 aliphatic carbocycles. The molecule has 0 aliphatic heterocycles. The van der Waals surface area contributed by atoms with Crippen LogP contribution in [0.4, 0.5) is 0 Å². The van der Waals surface area contributed by atoms with Crippen LogP contribution >= 0.6 is 0 Å². The molecular formula is C14H17NO4. The van der Waals surface area contributed by atoms with Gasteiger partial charge in [0.2, 0.25) is 5.91 Å². The number of amides is 1. The molecule has 3 N–H and O–H groups in total. The fourth-order valence-corrected chi connectivity index (χ4v) is 2.38. The standard InChI is InChI=1S/C14H17NO4/c16-11(12(17)18)9-15-13(19)14(7-4-8-14)10-5-2-1-3-6-10/h1-3,5-6,11,16H,4,7-9H2,(H,15,19)(H,17,18). The molecule has 2 rings (SSSR count). The van der Waals surface area contributed by atoms with E-state index in [1.165, 1.54) is 0 Å². The highest BCUT2D eigenvalue weighted by Gasteiger charge is 2.45. The fourth-order valence-electron chi connectivity index (χ4n) is 2.38. The lowest BCUT2D eigenvalue weighted by Crippen LogP contribution is -2.51. The van der Waals surface area contributed by atoms with Gasteiger partial charge in [0, 0.05) is 0 Å². The van der Waals surface area contributed by atoms with Gasteiger partial charge in [-0.05, 0) is 18.4 Å². The molecule has 5 nitrogen and oxygen atoms in total. The van der Waals surface area contributed by atoms with Crippen LogP contribution in [0.5, 0.6) is 0 Å². The third-order valence-electron chi connectivity index (χ3n) is 3.71. The van der Waals surface area contributed by atoms with Crippen LogP contribution in [0, 0.1) is 0 Å². The summed E-state index contributed by atoms with van der Waals surface area (Å²) in [4.78, 5) is 22.8. The monoisotopic (exact) mass is 263 g/mol. The Morgan fingerprint density at radius 3 is 2.37 bits per heavy atom. The van der Waals surface area contributed by atoms with Gasteiger partial charge in [-0.3, -0.25) is 4.79 Å². The zero-order chi connectivity index (χ0) is 13.9. The molecule has 1 atom stereocenters. The summed E-state index contributed by atoms with van der Waals surface area (Å²) >= 11 is 0. The van der Waals surface area contributed by atoms with Crippen LogP contribution in [0.25, 0.3) is 0 Å². The van der Waals surface area contributed by atoms with Gasteiger partial charge in [-0.15, -0.1) is 0 Å². The van der Waals surface area contributed by atoms with E-state index < -0.39 is 17.5 Å². The number of hydrogen-bond donors (Lipinski definition) is 3. The smallest absolute Gasteiger partial charge is 0.334 e. The summed E-state index contributed by atoms with van der Waals surface area (Å²) in [7, 11) is 0.